The molecular formula is C78H40N6O4S2. The molecule has 0 aliphatic heterocycles. The monoisotopic (exact) mass is 1190 g/mol. The first kappa shape index (κ1) is 49.4. The third-order valence-electron chi connectivity index (χ3n) is 17.6. The maximum atomic E-state index is 6.64. The first-order valence-corrected chi connectivity index (χ1v) is 31.2. The van der Waals surface area contributed by atoms with Gasteiger partial charge in [-0.2, -0.15) is 0 Å². The van der Waals surface area contributed by atoms with Gasteiger partial charge in [-0.15, -0.1) is 22.7 Å². The average Bonchev–Trinajstić information content (AvgIpc) is 1.71. The molecule has 90 heavy (non-hydrogen) atoms. The Labute approximate surface area is 517 Å². The molecule has 0 N–H and O–H groups in total. The Morgan fingerprint density at radius 2 is 0.622 bits per heavy atom. The number of benzene rings is 12. The normalized spacial score (nSPS) is 12.2. The first-order chi connectivity index (χ1) is 44.5. The number of para-hydroxylation sites is 2. The van der Waals surface area contributed by atoms with E-state index in [4.69, 9.17) is 47.6 Å². The van der Waals surface area contributed by atoms with Crippen LogP contribution in [0.3, 0.4) is 0 Å². The van der Waals surface area contributed by atoms with Gasteiger partial charge in [-0.25, -0.2) is 29.9 Å². The predicted molar refractivity (Wildman–Crippen MR) is 366 cm³/mol. The number of rotatable bonds is 7. The molecule has 0 amide bonds. The lowest BCUT2D eigenvalue weighted by Gasteiger charge is -2.10. The second-order valence-electron chi connectivity index (χ2n) is 22.8. The zero-order chi connectivity index (χ0) is 58.7. The van der Waals surface area contributed by atoms with Gasteiger partial charge in [0, 0.05) is 117 Å². The predicted octanol–water partition coefficient (Wildman–Crippen LogP) is 22.1. The lowest BCUT2D eigenvalue weighted by molar-refractivity contribution is 0.664. The fraction of sp³-hybridized carbons (Fsp3) is 0. The zero-order valence-electron chi connectivity index (χ0n) is 47.2. The minimum Gasteiger partial charge on any atom is -0.456 e. The molecule has 0 unspecified atom stereocenters. The van der Waals surface area contributed by atoms with Crippen molar-refractivity contribution in [2.75, 3.05) is 0 Å². The highest BCUT2D eigenvalue weighted by atomic mass is 32.1. The number of furan rings is 4. The molecular weight excluding hydrogens is 1150 g/mol. The molecule has 10 nitrogen and oxygen atoms in total. The molecule has 0 fully saturated rings. The summed E-state index contributed by atoms with van der Waals surface area (Å²) in [6, 6.07) is 83.6. The molecule has 0 aliphatic rings. The third kappa shape index (κ3) is 7.62. The number of thiophene rings is 2. The summed E-state index contributed by atoms with van der Waals surface area (Å²) >= 11 is 3.52. The summed E-state index contributed by atoms with van der Waals surface area (Å²) in [5.41, 5.74) is 13.9. The van der Waals surface area contributed by atoms with E-state index in [1.54, 1.807) is 22.7 Å². The van der Waals surface area contributed by atoms with Crippen molar-refractivity contribution in [3.63, 3.8) is 0 Å². The van der Waals surface area contributed by atoms with Gasteiger partial charge in [0.15, 0.2) is 34.9 Å². The van der Waals surface area contributed by atoms with Crippen LogP contribution in [-0.4, -0.2) is 29.9 Å². The third-order valence-corrected chi connectivity index (χ3v) is 20.0. The van der Waals surface area contributed by atoms with Crippen LogP contribution in [0, 0.1) is 0 Å². The van der Waals surface area contributed by atoms with Crippen molar-refractivity contribution in [3.8, 4) is 79.5 Å². The van der Waals surface area contributed by atoms with Crippen LogP contribution in [0.1, 0.15) is 0 Å². The standard InChI is InChI=1S/C78H40N6O4S2/c1-2-12-42(13-3-1)73-79-76(46-30-32-50-59-40-65-57(38-67(59)88-63(50)35-46)48-15-5-8-21-61(48)86-65)84-78(82-73)55-19-10-17-52-51-33-28-44(36-70(51)90-72(52)55)41-24-26-43(27-25-41)74-80-75(83-77(81-74)54-18-11-23-69-71(54)53-16-6-9-22-68(53)89-69)45-29-31-49-58-39-64-56(37-66(58)87-62(49)34-45)47-14-4-7-20-60(47)85-64/h1-40H. The van der Waals surface area contributed by atoms with Gasteiger partial charge in [-0.3, -0.25) is 0 Å². The van der Waals surface area contributed by atoms with E-state index in [1.807, 2.05) is 78.9 Å². The van der Waals surface area contributed by atoms with Crippen molar-refractivity contribution in [2.45, 2.75) is 0 Å². The SMILES string of the molecule is c1ccc(-c2nc(-c3ccc4c(c3)oc3cc5c(cc34)oc3ccccc35)nc(-c3cccc4c3sc3cc(-c5ccc(-c6nc(-c7ccc8c(c7)oc7cc9c(cc78)oc7ccccc79)nc(-c7cccc8sc9ccccc9c78)n6)cc5)ccc34)n2)cc1. The fourth-order valence-electron chi connectivity index (χ4n) is 13.3. The van der Waals surface area contributed by atoms with E-state index in [2.05, 4.69) is 164 Å². The summed E-state index contributed by atoms with van der Waals surface area (Å²) in [6.07, 6.45) is 0. The quantitative estimate of drug-likeness (QED) is 0.152. The lowest BCUT2D eigenvalue weighted by atomic mass is 10.0. The molecule has 0 saturated heterocycles. The van der Waals surface area contributed by atoms with E-state index in [9.17, 15) is 0 Å². The van der Waals surface area contributed by atoms with Crippen LogP contribution < -0.4 is 0 Å². The maximum Gasteiger partial charge on any atom is 0.165 e. The summed E-state index contributed by atoms with van der Waals surface area (Å²) in [7, 11) is 0. The van der Waals surface area contributed by atoms with Gasteiger partial charge < -0.3 is 17.7 Å². The Balaban J connectivity index is 0.669. The molecule has 8 aromatic heterocycles. The number of nitrogens with zero attached hydrogens (tertiary/aromatic N) is 6. The average molecular weight is 1190 g/mol. The van der Waals surface area contributed by atoms with Crippen LogP contribution in [0.25, 0.3) is 208 Å². The molecule has 8 heterocycles. The van der Waals surface area contributed by atoms with Crippen molar-refractivity contribution in [2.24, 2.45) is 0 Å². The Morgan fingerprint density at radius 1 is 0.211 bits per heavy atom. The Bertz CT molecular complexity index is 6430. The topological polar surface area (TPSA) is 130 Å². The molecule has 0 aliphatic carbocycles. The van der Waals surface area contributed by atoms with E-state index >= 15 is 0 Å². The van der Waals surface area contributed by atoms with Crippen LogP contribution >= 0.6 is 22.7 Å². The van der Waals surface area contributed by atoms with Gasteiger partial charge in [0.2, 0.25) is 0 Å². The molecule has 12 heteroatoms. The minimum absolute atomic E-state index is 0.548. The molecule has 20 rings (SSSR count). The van der Waals surface area contributed by atoms with Gasteiger partial charge in [0.1, 0.15) is 44.7 Å². The highest BCUT2D eigenvalue weighted by Gasteiger charge is 2.23. The van der Waals surface area contributed by atoms with Crippen molar-refractivity contribution in [1.82, 2.24) is 29.9 Å². The van der Waals surface area contributed by atoms with Crippen LogP contribution in [0.5, 0.6) is 0 Å². The van der Waals surface area contributed by atoms with Gasteiger partial charge in [-0.1, -0.05) is 158 Å². The van der Waals surface area contributed by atoms with Crippen LogP contribution in [0.15, 0.2) is 260 Å². The van der Waals surface area contributed by atoms with Crippen molar-refractivity contribution >= 4 is 151 Å². The zero-order valence-corrected chi connectivity index (χ0v) is 48.9. The summed E-state index contributed by atoms with van der Waals surface area (Å²) in [4.78, 5) is 31.4. The van der Waals surface area contributed by atoms with Crippen molar-refractivity contribution in [3.05, 3.63) is 243 Å². The number of hydrogen-bond acceptors (Lipinski definition) is 12. The molecule has 12 aromatic carbocycles. The summed E-state index contributed by atoms with van der Waals surface area (Å²) in [5.74, 6) is 3.45. The fourth-order valence-corrected chi connectivity index (χ4v) is 15.7. The van der Waals surface area contributed by atoms with Crippen molar-refractivity contribution < 1.29 is 17.7 Å². The minimum atomic E-state index is 0.548. The molecule has 0 bridgehead atoms. The second kappa shape index (κ2) is 18.9. The van der Waals surface area contributed by atoms with E-state index in [1.165, 1.54) is 14.8 Å². The molecule has 20 aromatic rings. The molecule has 0 saturated carbocycles. The smallest absolute Gasteiger partial charge is 0.165 e. The van der Waals surface area contributed by atoms with Gasteiger partial charge >= 0.3 is 0 Å². The van der Waals surface area contributed by atoms with Crippen LogP contribution in [0.2, 0.25) is 0 Å². The van der Waals surface area contributed by atoms with Crippen LogP contribution in [-0.2, 0) is 0 Å². The van der Waals surface area contributed by atoms with Crippen LogP contribution in [0.4, 0.5) is 0 Å². The highest BCUT2D eigenvalue weighted by Crippen LogP contribution is 2.45. The Kier molecular flexibility index (Phi) is 10.4. The number of fused-ring (bicyclic) bond motifs is 18. The first-order valence-electron chi connectivity index (χ1n) is 29.6. The van der Waals surface area contributed by atoms with E-state index < -0.39 is 0 Å². The summed E-state index contributed by atoms with van der Waals surface area (Å²) < 4.78 is 30.4. The van der Waals surface area contributed by atoms with Gasteiger partial charge in [0.25, 0.3) is 0 Å². The number of aromatic nitrogens is 6. The Morgan fingerprint density at radius 3 is 1.24 bits per heavy atom. The number of hydrogen-bond donors (Lipinski definition) is 0. The van der Waals surface area contributed by atoms with E-state index in [0.29, 0.717) is 34.9 Å². The van der Waals surface area contributed by atoms with E-state index in [-0.39, 0.29) is 0 Å². The Hall–Kier alpha value is -11.7. The molecule has 418 valence electrons. The second-order valence-corrected chi connectivity index (χ2v) is 25.0. The van der Waals surface area contributed by atoms with E-state index in [0.717, 1.165) is 158 Å². The molecule has 0 atom stereocenters. The summed E-state index contributed by atoms with van der Waals surface area (Å²) in [5, 5.41) is 12.7. The largest absolute Gasteiger partial charge is 0.456 e. The maximum absolute atomic E-state index is 6.64. The highest BCUT2D eigenvalue weighted by molar-refractivity contribution is 7.26. The van der Waals surface area contributed by atoms with Gasteiger partial charge in [0.05, 0.1) is 0 Å². The molecule has 0 radical (unpaired) electrons. The molecule has 0 spiro atoms. The summed E-state index contributed by atoms with van der Waals surface area (Å²) in [6.45, 7) is 0. The van der Waals surface area contributed by atoms with Crippen molar-refractivity contribution in [1.29, 1.82) is 0 Å². The van der Waals surface area contributed by atoms with Gasteiger partial charge in [-0.05, 0) is 96.1 Å². The lowest BCUT2D eigenvalue weighted by Crippen LogP contribution is -2.00.